The summed E-state index contributed by atoms with van der Waals surface area (Å²) in [6.45, 7) is 3.37. The van der Waals surface area contributed by atoms with Crippen LogP contribution in [0.25, 0.3) is 0 Å². The van der Waals surface area contributed by atoms with E-state index in [1.54, 1.807) is 55.0 Å². The predicted octanol–water partition coefficient (Wildman–Crippen LogP) is 3.50. The lowest BCUT2D eigenvalue weighted by Crippen LogP contribution is -2.48. The molecule has 2 atom stereocenters. The van der Waals surface area contributed by atoms with Crippen molar-refractivity contribution < 1.29 is 18.8 Å². The number of halogens is 2. The molecular weight excluding hydrogens is 423 g/mol. The maximum Gasteiger partial charge on any atom is 0.241 e. The van der Waals surface area contributed by atoms with Gasteiger partial charge in [0.25, 0.3) is 0 Å². The van der Waals surface area contributed by atoms with Crippen LogP contribution in [0.2, 0.25) is 5.02 Å². The number of likely N-dealkylation sites (N-methyl/N-ethyl adjacent to an activating group) is 1. The number of nitrogens with one attached hydrogen (secondary N) is 2. The van der Waals surface area contributed by atoms with Crippen LogP contribution in [-0.2, 0) is 14.4 Å². The Morgan fingerprint density at radius 1 is 1.32 bits per heavy atom. The predicted molar refractivity (Wildman–Crippen MR) is 119 cm³/mol. The highest BCUT2D eigenvalue weighted by Crippen LogP contribution is 2.31. The summed E-state index contributed by atoms with van der Waals surface area (Å²) in [7, 11) is 1.64. The average molecular weight is 447 g/mol. The number of amides is 3. The lowest BCUT2D eigenvalue weighted by atomic mass is 10.1. The van der Waals surface area contributed by atoms with E-state index >= 15 is 0 Å². The van der Waals surface area contributed by atoms with Gasteiger partial charge in [-0.3, -0.25) is 19.3 Å². The highest BCUT2D eigenvalue weighted by atomic mass is 35.5. The fourth-order valence-corrected chi connectivity index (χ4v) is 3.58. The van der Waals surface area contributed by atoms with Gasteiger partial charge in [-0.05, 0) is 51.2 Å². The highest BCUT2D eigenvalue weighted by molar-refractivity contribution is 6.30. The molecule has 2 aromatic rings. The third-order valence-corrected chi connectivity index (χ3v) is 5.48. The van der Waals surface area contributed by atoms with Gasteiger partial charge in [0.15, 0.2) is 0 Å². The molecule has 0 saturated heterocycles. The molecule has 1 aliphatic rings. The van der Waals surface area contributed by atoms with Crippen LogP contribution in [0.1, 0.15) is 20.3 Å². The Kier molecular flexibility index (Phi) is 6.92. The summed E-state index contributed by atoms with van der Waals surface area (Å²) in [5.74, 6) is -1.52. The summed E-state index contributed by atoms with van der Waals surface area (Å²) in [6.07, 6.45) is 0.163. The number of fused-ring (bicyclic) bond motifs is 1. The quantitative estimate of drug-likeness (QED) is 0.736. The first-order chi connectivity index (χ1) is 14.7. The van der Waals surface area contributed by atoms with Crippen molar-refractivity contribution >= 4 is 46.4 Å². The number of carbonyl (C=O) groups excluding carboxylic acids is 3. The molecule has 3 rings (SSSR count). The van der Waals surface area contributed by atoms with Gasteiger partial charge in [0.1, 0.15) is 5.82 Å². The van der Waals surface area contributed by atoms with Gasteiger partial charge in [0, 0.05) is 17.5 Å². The Labute approximate surface area is 185 Å². The van der Waals surface area contributed by atoms with Crippen molar-refractivity contribution in [1.29, 1.82) is 0 Å². The molecule has 7 nitrogen and oxygen atoms in total. The molecule has 0 fully saturated rings. The molecule has 3 amide bonds. The number of benzene rings is 2. The van der Waals surface area contributed by atoms with Crippen LogP contribution >= 0.6 is 11.6 Å². The zero-order valence-corrected chi connectivity index (χ0v) is 18.2. The van der Waals surface area contributed by atoms with Crippen LogP contribution in [0.3, 0.4) is 0 Å². The molecule has 0 saturated carbocycles. The molecule has 0 radical (unpaired) electrons. The Hall–Kier alpha value is -2.97. The topological polar surface area (TPSA) is 81.8 Å². The average Bonchev–Trinajstić information content (AvgIpc) is 2.83. The fourth-order valence-electron chi connectivity index (χ4n) is 3.42. The van der Waals surface area contributed by atoms with E-state index in [9.17, 15) is 18.8 Å². The van der Waals surface area contributed by atoms with Crippen LogP contribution < -0.4 is 15.5 Å². The van der Waals surface area contributed by atoms with Crippen molar-refractivity contribution in [1.82, 2.24) is 4.90 Å². The first-order valence-corrected chi connectivity index (χ1v) is 10.2. The molecular formula is C22H24ClFN4O3. The number of hydrogen-bond acceptors (Lipinski definition) is 4. The Balaban J connectivity index is 1.71. The summed E-state index contributed by atoms with van der Waals surface area (Å²) < 4.78 is 14.0. The van der Waals surface area contributed by atoms with Gasteiger partial charge in [0.2, 0.25) is 17.7 Å². The molecule has 164 valence electrons. The van der Waals surface area contributed by atoms with Crippen molar-refractivity contribution in [2.75, 3.05) is 29.1 Å². The van der Waals surface area contributed by atoms with E-state index < -0.39 is 17.8 Å². The smallest absolute Gasteiger partial charge is 0.241 e. The Morgan fingerprint density at radius 2 is 2.03 bits per heavy atom. The zero-order chi connectivity index (χ0) is 22.7. The minimum atomic E-state index is -0.712. The van der Waals surface area contributed by atoms with Crippen molar-refractivity contribution in [3.8, 4) is 0 Å². The van der Waals surface area contributed by atoms with Gasteiger partial charge in [-0.15, -0.1) is 0 Å². The molecule has 0 spiro atoms. The summed E-state index contributed by atoms with van der Waals surface area (Å²) in [6, 6.07) is 10.0. The van der Waals surface area contributed by atoms with E-state index in [1.807, 2.05) is 0 Å². The largest absolute Gasteiger partial charge is 0.324 e. The molecule has 0 unspecified atom stereocenters. The van der Waals surface area contributed by atoms with E-state index in [-0.39, 0.29) is 41.5 Å². The lowest BCUT2D eigenvalue weighted by molar-refractivity contribution is -0.123. The van der Waals surface area contributed by atoms with Gasteiger partial charge >= 0.3 is 0 Å². The number of rotatable bonds is 5. The molecule has 2 N–H and O–H groups in total. The van der Waals surface area contributed by atoms with E-state index in [0.717, 1.165) is 6.07 Å². The van der Waals surface area contributed by atoms with Gasteiger partial charge in [-0.2, -0.15) is 0 Å². The van der Waals surface area contributed by atoms with Gasteiger partial charge in [0.05, 0.1) is 29.6 Å². The van der Waals surface area contributed by atoms with Crippen LogP contribution in [0, 0.1) is 5.82 Å². The number of nitrogens with zero attached hydrogens (tertiary/aromatic N) is 2. The summed E-state index contributed by atoms with van der Waals surface area (Å²) in [5.41, 5.74) is 1.19. The zero-order valence-electron chi connectivity index (χ0n) is 17.5. The van der Waals surface area contributed by atoms with Crippen molar-refractivity contribution in [2.24, 2.45) is 0 Å². The fraction of sp³-hybridized carbons (Fsp3) is 0.318. The minimum Gasteiger partial charge on any atom is -0.324 e. The second-order valence-corrected chi connectivity index (χ2v) is 8.02. The maximum atomic E-state index is 14.0. The summed E-state index contributed by atoms with van der Waals surface area (Å²) in [4.78, 5) is 41.0. The van der Waals surface area contributed by atoms with Crippen LogP contribution in [-0.4, -0.2) is 48.3 Å². The third-order valence-electron chi connectivity index (χ3n) is 5.24. The van der Waals surface area contributed by atoms with Gasteiger partial charge in [-0.1, -0.05) is 23.7 Å². The highest BCUT2D eigenvalue weighted by Gasteiger charge is 2.31. The number of para-hydroxylation sites is 2. The second-order valence-electron chi connectivity index (χ2n) is 7.59. The first kappa shape index (κ1) is 22.7. The number of anilines is 3. The number of carbonyl (C=O) groups is 3. The summed E-state index contributed by atoms with van der Waals surface area (Å²) >= 11 is 5.74. The van der Waals surface area contributed by atoms with Crippen molar-refractivity contribution in [3.63, 3.8) is 0 Å². The van der Waals surface area contributed by atoms with Gasteiger partial charge < -0.3 is 15.5 Å². The monoisotopic (exact) mass is 446 g/mol. The standard InChI is InChI=1S/C22H24ClFN4O3/c1-13-10-20(29)25-18-6-4-5-7-19(18)28(13)21(30)12-27(3)14(2)22(31)26-17-9-8-15(23)11-16(17)24/h4-9,11,13-14H,10,12H2,1-3H3,(H,25,29)(H,26,31)/t13-,14+/m0/s1. The molecule has 0 aromatic heterocycles. The van der Waals surface area contributed by atoms with E-state index in [1.165, 1.54) is 12.1 Å². The van der Waals surface area contributed by atoms with E-state index in [2.05, 4.69) is 10.6 Å². The summed E-state index contributed by atoms with van der Waals surface area (Å²) in [5, 5.41) is 5.56. The van der Waals surface area contributed by atoms with Crippen LogP contribution in [0.5, 0.6) is 0 Å². The van der Waals surface area contributed by atoms with Crippen LogP contribution in [0.4, 0.5) is 21.5 Å². The lowest BCUT2D eigenvalue weighted by Gasteiger charge is -2.31. The minimum absolute atomic E-state index is 0.0145. The van der Waals surface area contributed by atoms with Crippen molar-refractivity contribution in [3.05, 3.63) is 53.3 Å². The Morgan fingerprint density at radius 3 is 2.74 bits per heavy atom. The normalized spacial score (nSPS) is 16.9. The molecule has 0 aliphatic carbocycles. The SMILES string of the molecule is C[C@H](C(=O)Nc1ccc(Cl)cc1F)N(C)CC(=O)N1c2ccccc2NC(=O)C[C@@H]1C. The second kappa shape index (κ2) is 9.45. The number of hydrogen-bond donors (Lipinski definition) is 2. The molecule has 1 aliphatic heterocycles. The molecule has 2 aromatic carbocycles. The molecule has 31 heavy (non-hydrogen) atoms. The Bertz CT molecular complexity index is 1020. The van der Waals surface area contributed by atoms with Gasteiger partial charge in [-0.25, -0.2) is 4.39 Å². The molecule has 9 heteroatoms. The van der Waals surface area contributed by atoms with E-state index in [0.29, 0.717) is 11.4 Å². The van der Waals surface area contributed by atoms with Crippen molar-refractivity contribution in [2.45, 2.75) is 32.4 Å². The van der Waals surface area contributed by atoms with E-state index in [4.69, 9.17) is 11.6 Å². The molecule has 0 bridgehead atoms. The third kappa shape index (κ3) is 5.21. The first-order valence-electron chi connectivity index (χ1n) is 9.84. The molecule has 1 heterocycles. The maximum absolute atomic E-state index is 14.0. The van der Waals surface area contributed by atoms with Crippen LogP contribution in [0.15, 0.2) is 42.5 Å².